The van der Waals surface area contributed by atoms with Gasteiger partial charge in [-0.2, -0.15) is 5.10 Å². The van der Waals surface area contributed by atoms with Crippen molar-refractivity contribution in [3.8, 4) is 22.7 Å². The molecule has 0 amide bonds. The zero-order valence-electron chi connectivity index (χ0n) is 14.6. The van der Waals surface area contributed by atoms with Crippen LogP contribution in [0, 0.1) is 0 Å². The fourth-order valence-electron chi connectivity index (χ4n) is 2.92. The van der Waals surface area contributed by atoms with E-state index in [2.05, 4.69) is 5.10 Å². The summed E-state index contributed by atoms with van der Waals surface area (Å²) in [6.07, 6.45) is 1.79. The summed E-state index contributed by atoms with van der Waals surface area (Å²) < 4.78 is 7.74. The molecule has 0 atom stereocenters. The van der Waals surface area contributed by atoms with Gasteiger partial charge in [0, 0.05) is 21.2 Å². The molecule has 1 heterocycles. The van der Waals surface area contributed by atoms with Crippen LogP contribution >= 0.6 is 34.8 Å². The molecular weight excluding hydrogens is 415 g/mol. The summed E-state index contributed by atoms with van der Waals surface area (Å²) >= 11 is 18.6. The van der Waals surface area contributed by atoms with Crippen LogP contribution in [0.3, 0.4) is 0 Å². The molecule has 0 saturated carbocycles. The molecular formula is C22H15Cl3N2O. The average Bonchev–Trinajstić information content (AvgIpc) is 3.11. The van der Waals surface area contributed by atoms with Gasteiger partial charge in [-0.1, -0.05) is 65.1 Å². The molecule has 4 aromatic rings. The standard InChI is InChI=1S/C22H15Cl3N2O/c23-17-8-6-15(7-9-17)22-16(14-28-19-4-2-1-3-5-19)13-26-27(22)21-11-10-18(24)12-20(21)25/h1-13H,14H2. The quantitative estimate of drug-likeness (QED) is 0.339. The van der Waals surface area contributed by atoms with Gasteiger partial charge in [-0.25, -0.2) is 4.68 Å². The van der Waals surface area contributed by atoms with Gasteiger partial charge < -0.3 is 4.74 Å². The molecule has 0 aliphatic rings. The fraction of sp³-hybridized carbons (Fsp3) is 0.0455. The van der Waals surface area contributed by atoms with Crippen LogP contribution in [-0.4, -0.2) is 9.78 Å². The smallest absolute Gasteiger partial charge is 0.119 e. The number of hydrogen-bond acceptors (Lipinski definition) is 2. The molecule has 140 valence electrons. The molecule has 0 aliphatic heterocycles. The highest BCUT2D eigenvalue weighted by Crippen LogP contribution is 2.32. The monoisotopic (exact) mass is 428 g/mol. The van der Waals surface area contributed by atoms with Crippen LogP contribution in [0.5, 0.6) is 5.75 Å². The van der Waals surface area contributed by atoms with Crippen LogP contribution < -0.4 is 4.74 Å². The van der Waals surface area contributed by atoms with Gasteiger partial charge in [-0.05, 0) is 42.5 Å². The number of nitrogens with zero attached hydrogens (tertiary/aromatic N) is 2. The number of aromatic nitrogens is 2. The maximum Gasteiger partial charge on any atom is 0.119 e. The van der Waals surface area contributed by atoms with Gasteiger partial charge in [0.2, 0.25) is 0 Å². The van der Waals surface area contributed by atoms with Crippen molar-refractivity contribution in [2.24, 2.45) is 0 Å². The molecule has 0 spiro atoms. The molecule has 0 unspecified atom stereocenters. The number of benzene rings is 3. The maximum absolute atomic E-state index is 6.43. The van der Waals surface area contributed by atoms with Gasteiger partial charge in [0.05, 0.1) is 22.6 Å². The Morgan fingerprint density at radius 3 is 2.25 bits per heavy atom. The van der Waals surface area contributed by atoms with Crippen molar-refractivity contribution >= 4 is 34.8 Å². The predicted octanol–water partition coefficient (Wildman–Crippen LogP) is 7.08. The molecule has 0 aliphatic carbocycles. The summed E-state index contributed by atoms with van der Waals surface area (Å²) in [5.74, 6) is 0.793. The van der Waals surface area contributed by atoms with E-state index in [9.17, 15) is 0 Å². The molecule has 0 radical (unpaired) electrons. The van der Waals surface area contributed by atoms with Crippen molar-refractivity contribution < 1.29 is 4.74 Å². The predicted molar refractivity (Wildman–Crippen MR) is 115 cm³/mol. The zero-order chi connectivity index (χ0) is 19.5. The number of halogens is 3. The van der Waals surface area contributed by atoms with Crippen molar-refractivity contribution in [1.82, 2.24) is 9.78 Å². The first-order valence-corrected chi connectivity index (χ1v) is 9.71. The van der Waals surface area contributed by atoms with Gasteiger partial charge in [0.1, 0.15) is 12.4 Å². The highest BCUT2D eigenvalue weighted by molar-refractivity contribution is 6.35. The van der Waals surface area contributed by atoms with Crippen LogP contribution in [-0.2, 0) is 6.61 Å². The number of para-hydroxylation sites is 1. The van der Waals surface area contributed by atoms with Crippen LogP contribution in [0.15, 0.2) is 79.0 Å². The van der Waals surface area contributed by atoms with Gasteiger partial charge >= 0.3 is 0 Å². The lowest BCUT2D eigenvalue weighted by molar-refractivity contribution is 0.306. The third-order valence-electron chi connectivity index (χ3n) is 4.24. The largest absolute Gasteiger partial charge is 0.489 e. The molecule has 0 N–H and O–H groups in total. The Kier molecular flexibility index (Phi) is 5.58. The summed E-state index contributed by atoms with van der Waals surface area (Å²) in [6, 6.07) is 22.6. The van der Waals surface area contributed by atoms with Crippen LogP contribution in [0.25, 0.3) is 16.9 Å². The van der Waals surface area contributed by atoms with Crippen molar-refractivity contribution in [3.63, 3.8) is 0 Å². The number of rotatable bonds is 5. The third-order valence-corrected chi connectivity index (χ3v) is 5.03. The zero-order valence-corrected chi connectivity index (χ0v) is 16.9. The van der Waals surface area contributed by atoms with Crippen molar-refractivity contribution in [1.29, 1.82) is 0 Å². The Bertz CT molecular complexity index is 1090. The van der Waals surface area contributed by atoms with Crippen molar-refractivity contribution in [2.75, 3.05) is 0 Å². The van der Waals surface area contributed by atoms with Crippen LogP contribution in [0.4, 0.5) is 0 Å². The maximum atomic E-state index is 6.43. The molecule has 3 nitrogen and oxygen atoms in total. The molecule has 28 heavy (non-hydrogen) atoms. The summed E-state index contributed by atoms with van der Waals surface area (Å²) in [5, 5.41) is 6.32. The Morgan fingerprint density at radius 2 is 1.54 bits per heavy atom. The van der Waals surface area contributed by atoms with E-state index in [-0.39, 0.29) is 0 Å². The van der Waals surface area contributed by atoms with Crippen molar-refractivity contribution in [2.45, 2.75) is 6.61 Å². The lowest BCUT2D eigenvalue weighted by atomic mass is 10.1. The minimum atomic E-state index is 0.368. The van der Waals surface area contributed by atoms with Crippen LogP contribution in [0.2, 0.25) is 15.1 Å². The van der Waals surface area contributed by atoms with E-state index in [1.807, 2.05) is 60.7 Å². The highest BCUT2D eigenvalue weighted by Gasteiger charge is 2.17. The van der Waals surface area contributed by atoms with E-state index in [0.29, 0.717) is 21.7 Å². The van der Waals surface area contributed by atoms with Gasteiger partial charge in [-0.3, -0.25) is 0 Å². The fourth-order valence-corrected chi connectivity index (χ4v) is 3.53. The number of ether oxygens (including phenoxy) is 1. The topological polar surface area (TPSA) is 27.1 Å². The second-order valence-corrected chi connectivity index (χ2v) is 7.41. The molecule has 1 aromatic heterocycles. The van der Waals surface area contributed by atoms with Gasteiger partial charge in [0.15, 0.2) is 0 Å². The molecule has 6 heteroatoms. The minimum Gasteiger partial charge on any atom is -0.489 e. The molecule has 4 rings (SSSR count). The molecule has 3 aromatic carbocycles. The average molecular weight is 430 g/mol. The first-order chi connectivity index (χ1) is 13.6. The Labute approximate surface area is 178 Å². The van der Waals surface area contributed by atoms with E-state index >= 15 is 0 Å². The molecule has 0 fully saturated rings. The summed E-state index contributed by atoms with van der Waals surface area (Å²) in [7, 11) is 0. The Balaban J connectivity index is 1.78. The second kappa shape index (κ2) is 8.27. The molecule has 0 saturated heterocycles. The van der Waals surface area contributed by atoms with E-state index in [0.717, 1.165) is 28.3 Å². The van der Waals surface area contributed by atoms with Crippen molar-refractivity contribution in [3.05, 3.63) is 99.6 Å². The Hall–Kier alpha value is -2.46. The summed E-state index contributed by atoms with van der Waals surface area (Å²) in [5.41, 5.74) is 3.51. The number of hydrogen-bond donors (Lipinski definition) is 0. The lowest BCUT2D eigenvalue weighted by Gasteiger charge is -2.13. The highest BCUT2D eigenvalue weighted by atomic mass is 35.5. The van der Waals surface area contributed by atoms with E-state index < -0.39 is 0 Å². The Morgan fingerprint density at radius 1 is 0.821 bits per heavy atom. The lowest BCUT2D eigenvalue weighted by Crippen LogP contribution is -2.02. The first kappa shape index (κ1) is 18.9. The van der Waals surface area contributed by atoms with E-state index in [1.165, 1.54) is 0 Å². The third kappa shape index (κ3) is 4.02. The minimum absolute atomic E-state index is 0.368. The summed E-state index contributed by atoms with van der Waals surface area (Å²) in [6.45, 7) is 0.368. The molecule has 0 bridgehead atoms. The second-order valence-electron chi connectivity index (χ2n) is 6.13. The van der Waals surface area contributed by atoms with Gasteiger partial charge in [-0.15, -0.1) is 0 Å². The normalized spacial score (nSPS) is 10.8. The SMILES string of the molecule is Clc1ccc(-c2c(COc3ccccc3)cnn2-c2ccc(Cl)cc2Cl)cc1. The van der Waals surface area contributed by atoms with E-state index in [1.54, 1.807) is 23.0 Å². The van der Waals surface area contributed by atoms with E-state index in [4.69, 9.17) is 39.5 Å². The summed E-state index contributed by atoms with van der Waals surface area (Å²) in [4.78, 5) is 0. The van der Waals surface area contributed by atoms with Crippen LogP contribution in [0.1, 0.15) is 5.56 Å². The van der Waals surface area contributed by atoms with Gasteiger partial charge in [0.25, 0.3) is 0 Å². The first-order valence-electron chi connectivity index (χ1n) is 8.58.